The molecule has 1 aliphatic rings. The number of likely N-dealkylation sites (tertiary alicyclic amines) is 1. The molecule has 0 aromatic heterocycles. The Morgan fingerprint density at radius 2 is 1.83 bits per heavy atom. The van der Waals surface area contributed by atoms with Crippen molar-refractivity contribution < 1.29 is 26.5 Å². The van der Waals surface area contributed by atoms with Gasteiger partial charge < -0.3 is 5.32 Å². The van der Waals surface area contributed by atoms with Gasteiger partial charge in [-0.25, -0.2) is 21.6 Å². The highest BCUT2D eigenvalue weighted by Gasteiger charge is 2.36. The van der Waals surface area contributed by atoms with Gasteiger partial charge in [-0.05, 0) is 42.8 Å². The number of anilines is 1. The molecule has 2 aromatic carbocycles. The van der Waals surface area contributed by atoms with Crippen LogP contribution in [0.3, 0.4) is 0 Å². The molecule has 1 aliphatic heterocycles. The fraction of sp³-hybridized carbons (Fsp3) is 0.368. The van der Waals surface area contributed by atoms with Crippen molar-refractivity contribution in [3.05, 3.63) is 63.5 Å². The molecule has 2 unspecified atom stereocenters. The number of halogens is 3. The van der Waals surface area contributed by atoms with Gasteiger partial charge in [0.1, 0.15) is 5.69 Å². The van der Waals surface area contributed by atoms with Crippen molar-refractivity contribution in [3.8, 4) is 0 Å². The zero-order chi connectivity index (χ0) is 22.2. The molecule has 1 fully saturated rings. The van der Waals surface area contributed by atoms with Crippen LogP contribution in [0, 0.1) is 27.6 Å². The summed E-state index contributed by atoms with van der Waals surface area (Å²) in [6, 6.07) is 4.33. The summed E-state index contributed by atoms with van der Waals surface area (Å²) in [7, 11) is -3.64. The molecule has 1 heterocycles. The van der Waals surface area contributed by atoms with Gasteiger partial charge in [-0.15, -0.1) is 0 Å². The van der Waals surface area contributed by atoms with E-state index in [1.165, 1.54) is 12.1 Å². The highest BCUT2D eigenvalue weighted by Crippen LogP contribution is 2.37. The first kappa shape index (κ1) is 22.0. The summed E-state index contributed by atoms with van der Waals surface area (Å²) in [5.74, 6) is -4.18. The van der Waals surface area contributed by atoms with Crippen molar-refractivity contribution in [1.82, 2.24) is 4.90 Å². The molecule has 3 rings (SSSR count). The minimum Gasteiger partial charge on any atom is -0.375 e. The predicted octanol–water partition coefficient (Wildman–Crippen LogP) is 3.66. The third kappa shape index (κ3) is 4.26. The summed E-state index contributed by atoms with van der Waals surface area (Å²) in [6.45, 7) is 2.95. The first-order valence-electron chi connectivity index (χ1n) is 9.16. The first-order valence-corrected chi connectivity index (χ1v) is 11.1. The van der Waals surface area contributed by atoms with Crippen LogP contribution in [0.2, 0.25) is 0 Å². The van der Waals surface area contributed by atoms with Crippen molar-refractivity contribution in [2.45, 2.75) is 30.3 Å². The van der Waals surface area contributed by atoms with E-state index in [1.54, 1.807) is 0 Å². The smallest absolute Gasteiger partial charge is 0.293 e. The van der Waals surface area contributed by atoms with Crippen LogP contribution in [0.4, 0.5) is 24.5 Å². The van der Waals surface area contributed by atoms with E-state index < -0.39 is 50.0 Å². The highest BCUT2D eigenvalue weighted by atomic mass is 32.2. The molecule has 1 saturated heterocycles. The first-order chi connectivity index (χ1) is 14.0. The second-order valence-corrected chi connectivity index (χ2v) is 9.14. The van der Waals surface area contributed by atoms with Gasteiger partial charge >= 0.3 is 0 Å². The minimum absolute atomic E-state index is 0.0865. The van der Waals surface area contributed by atoms with E-state index in [2.05, 4.69) is 5.32 Å². The zero-order valence-electron chi connectivity index (χ0n) is 16.2. The van der Waals surface area contributed by atoms with Crippen LogP contribution in [0.1, 0.15) is 24.9 Å². The van der Waals surface area contributed by atoms with E-state index in [-0.39, 0.29) is 16.1 Å². The van der Waals surface area contributed by atoms with Gasteiger partial charge in [-0.1, -0.05) is 6.92 Å². The molecule has 7 nitrogen and oxygen atoms in total. The lowest BCUT2D eigenvalue weighted by atomic mass is 9.99. The maximum Gasteiger partial charge on any atom is 0.293 e. The summed E-state index contributed by atoms with van der Waals surface area (Å²) < 4.78 is 64.4. The molecule has 2 atom stereocenters. The maximum absolute atomic E-state index is 13.8. The molecule has 1 N–H and O–H groups in total. The topological polar surface area (TPSA) is 92.6 Å². The molecule has 0 aliphatic carbocycles. The van der Waals surface area contributed by atoms with Crippen LogP contribution in [-0.2, 0) is 9.84 Å². The number of nitro groups is 1. The quantitative estimate of drug-likeness (QED) is 0.416. The Balaban J connectivity index is 2.00. The van der Waals surface area contributed by atoms with E-state index in [0.717, 1.165) is 24.5 Å². The highest BCUT2D eigenvalue weighted by molar-refractivity contribution is 7.90. The fourth-order valence-electron chi connectivity index (χ4n) is 3.77. The van der Waals surface area contributed by atoms with Gasteiger partial charge in [0.05, 0.1) is 15.9 Å². The number of hydrogen-bond acceptors (Lipinski definition) is 6. The fourth-order valence-corrected chi connectivity index (χ4v) is 4.41. The second kappa shape index (κ2) is 8.23. The van der Waals surface area contributed by atoms with Crippen LogP contribution in [0.15, 0.2) is 35.2 Å². The molecule has 0 spiro atoms. The van der Waals surface area contributed by atoms with E-state index in [4.69, 9.17) is 0 Å². The van der Waals surface area contributed by atoms with Crippen molar-refractivity contribution in [2.24, 2.45) is 0 Å². The molecule has 30 heavy (non-hydrogen) atoms. The zero-order valence-corrected chi connectivity index (χ0v) is 17.0. The van der Waals surface area contributed by atoms with Gasteiger partial charge in [-0.2, -0.15) is 0 Å². The molecular formula is C19H20F3N3O4S. The van der Waals surface area contributed by atoms with E-state index in [9.17, 15) is 31.7 Å². The summed E-state index contributed by atoms with van der Waals surface area (Å²) in [6.07, 6.45) is 1.45. The Morgan fingerprint density at radius 1 is 1.20 bits per heavy atom. The maximum atomic E-state index is 13.8. The lowest BCUT2D eigenvalue weighted by Crippen LogP contribution is -2.31. The average Bonchev–Trinajstić information content (AvgIpc) is 3.07. The summed E-state index contributed by atoms with van der Waals surface area (Å²) >= 11 is 0. The lowest BCUT2D eigenvalue weighted by Gasteiger charge is -2.29. The number of rotatable bonds is 6. The number of nitrogens with zero attached hydrogens (tertiary/aromatic N) is 2. The van der Waals surface area contributed by atoms with Crippen molar-refractivity contribution in [3.63, 3.8) is 0 Å². The van der Waals surface area contributed by atoms with E-state index in [1.807, 2.05) is 11.8 Å². The number of benzene rings is 2. The molecular weight excluding hydrogens is 423 g/mol. The SMILES string of the molecule is CCN1CCC(Nc2ccc(S(C)(=O)=O)cc2[N+](=O)[O-])C1c1cc(F)c(F)c(F)c1. The molecule has 0 radical (unpaired) electrons. The number of likely N-dealkylation sites (N-methyl/N-ethyl adjacent to an activating group) is 1. The third-order valence-electron chi connectivity index (χ3n) is 5.19. The number of hydrogen-bond donors (Lipinski definition) is 1. The van der Waals surface area contributed by atoms with Crippen molar-refractivity contribution in [2.75, 3.05) is 24.7 Å². The normalized spacial score (nSPS) is 19.8. The lowest BCUT2D eigenvalue weighted by molar-refractivity contribution is -0.384. The van der Waals surface area contributed by atoms with Crippen LogP contribution < -0.4 is 5.32 Å². The number of sulfone groups is 1. The van der Waals surface area contributed by atoms with Crippen LogP contribution in [0.5, 0.6) is 0 Å². The molecule has 0 saturated carbocycles. The average molecular weight is 443 g/mol. The Labute approximate surface area is 171 Å². The van der Waals surface area contributed by atoms with Crippen LogP contribution in [-0.4, -0.2) is 43.6 Å². The van der Waals surface area contributed by atoms with Gasteiger partial charge in [0.15, 0.2) is 27.3 Å². The molecule has 162 valence electrons. The van der Waals surface area contributed by atoms with Crippen LogP contribution in [0.25, 0.3) is 0 Å². The van der Waals surface area contributed by atoms with E-state index in [0.29, 0.717) is 19.5 Å². The van der Waals surface area contributed by atoms with E-state index >= 15 is 0 Å². The van der Waals surface area contributed by atoms with Gasteiger partial charge in [0, 0.05) is 24.9 Å². The summed E-state index contributed by atoms with van der Waals surface area (Å²) in [4.78, 5) is 12.5. The molecule has 2 aromatic rings. The molecule has 0 amide bonds. The Bertz CT molecular complexity index is 1070. The van der Waals surface area contributed by atoms with Crippen LogP contribution >= 0.6 is 0 Å². The molecule has 0 bridgehead atoms. The Kier molecular flexibility index (Phi) is 6.04. The predicted molar refractivity (Wildman–Crippen MR) is 105 cm³/mol. The van der Waals surface area contributed by atoms with Gasteiger partial charge in [0.2, 0.25) is 0 Å². The van der Waals surface area contributed by atoms with Gasteiger partial charge in [-0.3, -0.25) is 15.0 Å². The standard InChI is InChI=1S/C19H20F3N3O4S/c1-3-24-7-6-16(19(24)11-8-13(20)18(22)14(21)9-11)23-15-5-4-12(30(2,28)29)10-17(15)25(26)27/h4-5,8-10,16,19,23H,3,6-7H2,1-2H3. The second-order valence-electron chi connectivity index (χ2n) is 7.12. The Morgan fingerprint density at radius 3 is 2.37 bits per heavy atom. The molecule has 11 heteroatoms. The minimum atomic E-state index is -3.64. The van der Waals surface area contributed by atoms with Gasteiger partial charge in [0.25, 0.3) is 5.69 Å². The van der Waals surface area contributed by atoms with Crippen molar-refractivity contribution in [1.29, 1.82) is 0 Å². The van der Waals surface area contributed by atoms with Crippen molar-refractivity contribution >= 4 is 21.2 Å². The largest absolute Gasteiger partial charge is 0.375 e. The third-order valence-corrected chi connectivity index (χ3v) is 6.30. The number of nitro benzene ring substituents is 1. The summed E-state index contributed by atoms with van der Waals surface area (Å²) in [5, 5.41) is 14.5. The monoisotopic (exact) mass is 443 g/mol. The Hall–Kier alpha value is -2.66. The summed E-state index contributed by atoms with van der Waals surface area (Å²) in [5.41, 5.74) is -0.134. The number of nitrogens with one attached hydrogen (secondary N) is 1.